The van der Waals surface area contributed by atoms with E-state index in [1.54, 1.807) is 0 Å². The van der Waals surface area contributed by atoms with Gasteiger partial charge in [-0.15, -0.1) is 0 Å². The Kier molecular flexibility index (Phi) is 3.42. The molecule has 3 nitrogen and oxygen atoms in total. The Bertz CT molecular complexity index is 182. The van der Waals surface area contributed by atoms with Crippen LogP contribution in [0.4, 0.5) is 0 Å². The summed E-state index contributed by atoms with van der Waals surface area (Å²) in [7, 11) is 0. The molecule has 3 unspecified atom stereocenters. The molecule has 0 spiro atoms. The van der Waals surface area contributed by atoms with Gasteiger partial charge in [0.2, 0.25) is 0 Å². The first kappa shape index (κ1) is 10.4. The molecule has 0 aromatic rings. The van der Waals surface area contributed by atoms with Gasteiger partial charge in [0.1, 0.15) is 0 Å². The molecule has 3 atom stereocenters. The molecule has 0 aromatic carbocycles. The van der Waals surface area contributed by atoms with Crippen molar-refractivity contribution >= 4 is 0 Å². The zero-order valence-electron chi connectivity index (χ0n) is 9.11. The highest BCUT2D eigenvalue weighted by Crippen LogP contribution is 2.32. The van der Waals surface area contributed by atoms with Crippen molar-refractivity contribution in [1.29, 1.82) is 0 Å². The minimum absolute atomic E-state index is 0.461. The first-order chi connectivity index (χ1) is 6.85. The van der Waals surface area contributed by atoms with Crippen LogP contribution in [0, 0.1) is 5.92 Å². The fourth-order valence-corrected chi connectivity index (χ4v) is 2.60. The summed E-state index contributed by atoms with van der Waals surface area (Å²) >= 11 is 0. The molecular weight excluding hydrogens is 176 g/mol. The third-order valence-electron chi connectivity index (χ3n) is 3.77. The molecule has 2 fully saturated rings. The van der Waals surface area contributed by atoms with Gasteiger partial charge in [0, 0.05) is 19.1 Å². The van der Waals surface area contributed by atoms with Crippen molar-refractivity contribution in [3.05, 3.63) is 0 Å². The van der Waals surface area contributed by atoms with Crippen LogP contribution in [-0.2, 0) is 4.74 Å². The zero-order valence-corrected chi connectivity index (χ0v) is 9.11. The number of rotatable bonds is 3. The maximum absolute atomic E-state index is 5.74. The van der Waals surface area contributed by atoms with Crippen LogP contribution in [0.1, 0.15) is 26.2 Å². The molecule has 1 aliphatic heterocycles. The lowest BCUT2D eigenvalue weighted by molar-refractivity contribution is -0.0693. The Labute approximate surface area is 86.6 Å². The van der Waals surface area contributed by atoms with Crippen molar-refractivity contribution < 1.29 is 4.74 Å². The van der Waals surface area contributed by atoms with Gasteiger partial charge in [-0.2, -0.15) is 0 Å². The number of morpholine rings is 1. The summed E-state index contributed by atoms with van der Waals surface area (Å²) < 4.78 is 5.67. The molecule has 1 saturated heterocycles. The lowest BCUT2D eigenvalue weighted by atomic mass is 9.78. The minimum Gasteiger partial charge on any atom is -0.376 e. The van der Waals surface area contributed by atoms with Crippen LogP contribution in [0.3, 0.4) is 0 Å². The number of hydrogen-bond acceptors (Lipinski definition) is 3. The van der Waals surface area contributed by atoms with Crippen LogP contribution in [-0.4, -0.2) is 43.3 Å². The predicted molar refractivity (Wildman–Crippen MR) is 57.2 cm³/mol. The molecule has 0 aromatic heterocycles. The molecule has 82 valence electrons. The summed E-state index contributed by atoms with van der Waals surface area (Å²) in [4.78, 5) is 2.60. The van der Waals surface area contributed by atoms with Gasteiger partial charge in [-0.3, -0.25) is 4.90 Å². The van der Waals surface area contributed by atoms with Crippen LogP contribution in [0.5, 0.6) is 0 Å². The van der Waals surface area contributed by atoms with Crippen molar-refractivity contribution in [2.75, 3.05) is 26.2 Å². The van der Waals surface area contributed by atoms with Gasteiger partial charge in [0.05, 0.1) is 12.7 Å². The lowest BCUT2D eigenvalue weighted by Crippen LogP contribution is -2.55. The standard InChI is InChI=1S/C11H22N2O/c1-2-10-8-13(5-6-14-10)11-4-3-9(11)7-12/h9-11H,2-8,12H2,1H3. The molecule has 2 rings (SSSR count). The molecule has 2 N–H and O–H groups in total. The molecule has 1 heterocycles. The third-order valence-corrected chi connectivity index (χ3v) is 3.77. The molecule has 1 aliphatic carbocycles. The number of nitrogens with zero attached hydrogens (tertiary/aromatic N) is 1. The number of hydrogen-bond donors (Lipinski definition) is 1. The third kappa shape index (κ3) is 1.95. The topological polar surface area (TPSA) is 38.5 Å². The number of nitrogens with two attached hydrogens (primary N) is 1. The highest BCUT2D eigenvalue weighted by atomic mass is 16.5. The van der Waals surface area contributed by atoms with Crippen molar-refractivity contribution in [2.45, 2.75) is 38.3 Å². The molecule has 14 heavy (non-hydrogen) atoms. The summed E-state index contributed by atoms with van der Waals surface area (Å²) in [5.74, 6) is 0.755. The second kappa shape index (κ2) is 4.60. The van der Waals surface area contributed by atoms with E-state index >= 15 is 0 Å². The molecule has 0 radical (unpaired) electrons. The highest BCUT2D eigenvalue weighted by Gasteiger charge is 2.36. The fraction of sp³-hybridized carbons (Fsp3) is 1.00. The Morgan fingerprint density at radius 2 is 2.29 bits per heavy atom. The first-order valence-corrected chi connectivity index (χ1v) is 5.90. The quantitative estimate of drug-likeness (QED) is 0.730. The molecule has 0 bridgehead atoms. The van der Waals surface area contributed by atoms with Gasteiger partial charge in [0.25, 0.3) is 0 Å². The van der Waals surface area contributed by atoms with Crippen molar-refractivity contribution in [1.82, 2.24) is 4.90 Å². The van der Waals surface area contributed by atoms with Crippen molar-refractivity contribution in [2.24, 2.45) is 11.7 Å². The summed E-state index contributed by atoms with van der Waals surface area (Å²) in [5.41, 5.74) is 5.74. The molecule has 1 saturated carbocycles. The van der Waals surface area contributed by atoms with Crippen LogP contribution in [0.2, 0.25) is 0 Å². The monoisotopic (exact) mass is 198 g/mol. The molecule has 0 amide bonds. The predicted octanol–water partition coefficient (Wildman–Crippen LogP) is 0.835. The normalized spacial score (nSPS) is 39.4. The second-order valence-corrected chi connectivity index (χ2v) is 4.54. The van der Waals surface area contributed by atoms with E-state index in [9.17, 15) is 0 Å². The summed E-state index contributed by atoms with van der Waals surface area (Å²) in [6.07, 6.45) is 4.27. The van der Waals surface area contributed by atoms with Crippen LogP contribution >= 0.6 is 0 Å². The van der Waals surface area contributed by atoms with Gasteiger partial charge >= 0.3 is 0 Å². The van der Waals surface area contributed by atoms with E-state index in [0.717, 1.165) is 44.6 Å². The van der Waals surface area contributed by atoms with Gasteiger partial charge in [0.15, 0.2) is 0 Å². The Morgan fingerprint density at radius 1 is 1.43 bits per heavy atom. The smallest absolute Gasteiger partial charge is 0.0700 e. The Balaban J connectivity index is 1.84. The summed E-state index contributed by atoms with van der Waals surface area (Å²) in [6, 6.07) is 0.762. The van der Waals surface area contributed by atoms with E-state index in [1.807, 2.05) is 0 Å². The van der Waals surface area contributed by atoms with E-state index in [-0.39, 0.29) is 0 Å². The van der Waals surface area contributed by atoms with Gasteiger partial charge in [-0.25, -0.2) is 0 Å². The lowest BCUT2D eigenvalue weighted by Gasteiger charge is -2.47. The zero-order chi connectivity index (χ0) is 9.97. The van der Waals surface area contributed by atoms with E-state index in [2.05, 4.69) is 11.8 Å². The Morgan fingerprint density at radius 3 is 2.86 bits per heavy atom. The van der Waals surface area contributed by atoms with E-state index in [0.29, 0.717) is 6.10 Å². The van der Waals surface area contributed by atoms with Gasteiger partial charge in [-0.1, -0.05) is 6.92 Å². The summed E-state index contributed by atoms with van der Waals surface area (Å²) in [6.45, 7) is 6.20. The summed E-state index contributed by atoms with van der Waals surface area (Å²) in [5, 5.41) is 0. The highest BCUT2D eigenvalue weighted by molar-refractivity contribution is 4.91. The average Bonchev–Trinajstić information content (AvgIpc) is 2.17. The molecule has 2 aliphatic rings. The van der Waals surface area contributed by atoms with E-state index in [1.165, 1.54) is 12.8 Å². The Hall–Kier alpha value is -0.120. The minimum atomic E-state index is 0.461. The average molecular weight is 198 g/mol. The van der Waals surface area contributed by atoms with Crippen LogP contribution < -0.4 is 5.73 Å². The van der Waals surface area contributed by atoms with E-state index < -0.39 is 0 Å². The molecule has 3 heteroatoms. The van der Waals surface area contributed by atoms with Gasteiger partial charge in [-0.05, 0) is 31.7 Å². The largest absolute Gasteiger partial charge is 0.376 e. The van der Waals surface area contributed by atoms with Crippen LogP contribution in [0.15, 0.2) is 0 Å². The second-order valence-electron chi connectivity index (χ2n) is 4.54. The van der Waals surface area contributed by atoms with E-state index in [4.69, 9.17) is 10.5 Å². The first-order valence-electron chi connectivity index (χ1n) is 5.90. The maximum atomic E-state index is 5.74. The fourth-order valence-electron chi connectivity index (χ4n) is 2.60. The van der Waals surface area contributed by atoms with Gasteiger partial charge < -0.3 is 10.5 Å². The molecular formula is C11H22N2O. The SMILES string of the molecule is CCC1CN(C2CCC2CN)CCO1. The maximum Gasteiger partial charge on any atom is 0.0700 e. The van der Waals surface area contributed by atoms with Crippen LogP contribution in [0.25, 0.3) is 0 Å². The van der Waals surface area contributed by atoms with Crippen molar-refractivity contribution in [3.8, 4) is 0 Å². The van der Waals surface area contributed by atoms with Crippen molar-refractivity contribution in [3.63, 3.8) is 0 Å². The number of ether oxygens (including phenoxy) is 1.